The average molecular weight is 89.1 g/mol. The summed E-state index contributed by atoms with van der Waals surface area (Å²) in [5.41, 5.74) is 1.13. The van der Waals surface area contributed by atoms with Gasteiger partial charge in [-0.2, -0.15) is 23.6 Å². The van der Waals surface area contributed by atoms with Crippen LogP contribution < -0.4 is 0 Å². The van der Waals surface area contributed by atoms with Gasteiger partial charge in [-0.05, 0) is 6.92 Å². The molecule has 1 aliphatic rings. The Hall–Kier alpha value is -0.960. The van der Waals surface area contributed by atoms with E-state index in [1.807, 2.05) is 12.2 Å². The minimum Gasteiger partial charge on any atom is -0.214 e. The van der Waals surface area contributed by atoms with Crippen molar-refractivity contribution in [1.82, 2.24) is 0 Å². The third-order valence-corrected chi connectivity index (χ3v) is 0.665. The van der Waals surface area contributed by atoms with Gasteiger partial charge in [0, 0.05) is 0 Å². The van der Waals surface area contributed by atoms with E-state index in [1.165, 1.54) is 0 Å². The molecule has 0 aromatic rings. The summed E-state index contributed by atoms with van der Waals surface area (Å²) in [6, 6.07) is 0. The van der Waals surface area contributed by atoms with Crippen LogP contribution in [0.3, 0.4) is 0 Å². The third kappa shape index (κ3) is 1.28. The number of hydrogen-bond acceptors (Lipinski definition) is 0. The lowest BCUT2D eigenvalue weighted by Crippen LogP contribution is -1.48. The third-order valence-electron chi connectivity index (χ3n) is 0.665. The number of allylic oxidation sites excluding steroid dienone is 4. The normalized spacial score (nSPS) is 12.4. The van der Waals surface area contributed by atoms with E-state index in [9.17, 15) is 0 Å². The van der Waals surface area contributed by atoms with Crippen LogP contribution in [0.25, 0.3) is 0 Å². The lowest BCUT2D eigenvalue weighted by molar-refractivity contribution is 1.86. The maximum atomic E-state index is 2.85. The van der Waals surface area contributed by atoms with Gasteiger partial charge < -0.3 is 0 Å². The summed E-state index contributed by atoms with van der Waals surface area (Å²) in [7, 11) is 0. The first-order chi connectivity index (χ1) is 3.43. The zero-order chi connectivity index (χ0) is 5.11. The van der Waals surface area contributed by atoms with Crippen molar-refractivity contribution in [2.24, 2.45) is 0 Å². The van der Waals surface area contributed by atoms with Crippen molar-refractivity contribution >= 4 is 0 Å². The van der Waals surface area contributed by atoms with Crippen molar-refractivity contribution < 1.29 is 0 Å². The highest BCUT2D eigenvalue weighted by molar-refractivity contribution is 5.47. The van der Waals surface area contributed by atoms with Crippen LogP contribution in [0.2, 0.25) is 0 Å². The highest BCUT2D eigenvalue weighted by Crippen LogP contribution is 2.10. The molecule has 0 atom stereocenters. The molecule has 0 saturated carbocycles. The van der Waals surface area contributed by atoms with E-state index in [0.717, 1.165) is 5.57 Å². The summed E-state index contributed by atoms with van der Waals surface area (Å²) in [5.74, 6) is 5.43. The number of hydrogen-bond donors (Lipinski definition) is 0. The van der Waals surface area contributed by atoms with E-state index < -0.39 is 0 Å². The Balaban J connectivity index is 2.43. The Labute approximate surface area is 43.5 Å². The van der Waals surface area contributed by atoms with Gasteiger partial charge in [-0.15, -0.1) is 0 Å². The SMILES string of the molecule is CC#C[C-]=C1C=C1. The Morgan fingerprint density at radius 1 is 1.57 bits per heavy atom. The minimum atomic E-state index is 1.13. The molecule has 0 radical (unpaired) electrons. The van der Waals surface area contributed by atoms with Gasteiger partial charge in [-0.25, -0.2) is 5.92 Å². The summed E-state index contributed by atoms with van der Waals surface area (Å²) >= 11 is 0. The molecule has 0 aromatic heterocycles. The van der Waals surface area contributed by atoms with Crippen LogP contribution in [0.1, 0.15) is 6.92 Å². The molecule has 0 unspecified atom stereocenters. The Kier molecular flexibility index (Phi) is 0.997. The summed E-state index contributed by atoms with van der Waals surface area (Å²) in [6.07, 6.45) is 6.80. The molecule has 0 bridgehead atoms. The molecule has 7 heavy (non-hydrogen) atoms. The van der Waals surface area contributed by atoms with Gasteiger partial charge in [0.1, 0.15) is 0 Å². The van der Waals surface area contributed by atoms with Crippen molar-refractivity contribution in [2.75, 3.05) is 0 Å². The van der Waals surface area contributed by atoms with Crippen LogP contribution in [0, 0.1) is 17.9 Å². The Bertz CT molecular complexity index is 164. The lowest BCUT2D eigenvalue weighted by atomic mass is 10.4. The summed E-state index contributed by atoms with van der Waals surface area (Å²) in [5, 5.41) is 0. The largest absolute Gasteiger partial charge is 0.214 e. The second-order valence-corrected chi connectivity index (χ2v) is 1.29. The highest BCUT2D eigenvalue weighted by atomic mass is 14.0. The fraction of sp³-hybridized carbons (Fsp3) is 0.143. The topological polar surface area (TPSA) is 0 Å². The highest BCUT2D eigenvalue weighted by Gasteiger charge is 1.80. The lowest BCUT2D eigenvalue weighted by Gasteiger charge is -1.71. The van der Waals surface area contributed by atoms with Crippen molar-refractivity contribution in [3.8, 4) is 11.8 Å². The van der Waals surface area contributed by atoms with E-state index in [0.29, 0.717) is 0 Å². The van der Waals surface area contributed by atoms with Crippen molar-refractivity contribution in [3.63, 3.8) is 0 Å². The van der Waals surface area contributed by atoms with Crippen molar-refractivity contribution in [1.29, 1.82) is 0 Å². The van der Waals surface area contributed by atoms with Crippen LogP contribution in [-0.4, -0.2) is 0 Å². The van der Waals surface area contributed by atoms with E-state index >= 15 is 0 Å². The molecule has 0 aliphatic heterocycles. The zero-order valence-electron chi connectivity index (χ0n) is 4.15. The van der Waals surface area contributed by atoms with Crippen molar-refractivity contribution in [2.45, 2.75) is 6.92 Å². The predicted octanol–water partition coefficient (Wildman–Crippen LogP) is 1.31. The number of rotatable bonds is 0. The van der Waals surface area contributed by atoms with E-state index in [2.05, 4.69) is 17.9 Å². The maximum Gasteiger partial charge on any atom is -0.0461 e. The second kappa shape index (κ2) is 1.66. The summed E-state index contributed by atoms with van der Waals surface area (Å²) in [4.78, 5) is 0. The molecule has 0 heterocycles. The first-order valence-electron chi connectivity index (χ1n) is 2.16. The molecule has 0 N–H and O–H groups in total. The fourth-order valence-electron chi connectivity index (χ4n) is 0.260. The van der Waals surface area contributed by atoms with Crippen LogP contribution in [0.15, 0.2) is 17.7 Å². The zero-order valence-corrected chi connectivity index (χ0v) is 4.15. The molecule has 0 nitrogen and oxygen atoms in total. The van der Waals surface area contributed by atoms with Gasteiger partial charge in [0.15, 0.2) is 0 Å². The van der Waals surface area contributed by atoms with E-state index in [4.69, 9.17) is 0 Å². The smallest absolute Gasteiger partial charge is 0.0461 e. The standard InChI is InChI=1S/C7H5/c1-2-3-4-7-5-6-7/h5-6H,1H3/q-1. The molecule has 34 valence electrons. The van der Waals surface area contributed by atoms with Crippen molar-refractivity contribution in [3.05, 3.63) is 23.8 Å². The molecule has 0 spiro atoms. The van der Waals surface area contributed by atoms with Gasteiger partial charge in [0.05, 0.1) is 0 Å². The molecular formula is C7H5-. The van der Waals surface area contributed by atoms with Gasteiger partial charge >= 0.3 is 0 Å². The molecule has 0 saturated heterocycles. The van der Waals surface area contributed by atoms with Crippen LogP contribution in [0.5, 0.6) is 0 Å². The molecule has 0 heteroatoms. The average Bonchev–Trinajstić information content (AvgIpc) is 2.42. The molecule has 1 aliphatic carbocycles. The van der Waals surface area contributed by atoms with E-state index in [1.54, 1.807) is 6.92 Å². The summed E-state index contributed by atoms with van der Waals surface area (Å²) < 4.78 is 0. The van der Waals surface area contributed by atoms with Gasteiger partial charge in [0.25, 0.3) is 0 Å². The van der Waals surface area contributed by atoms with Crippen LogP contribution in [0.4, 0.5) is 0 Å². The second-order valence-electron chi connectivity index (χ2n) is 1.29. The monoisotopic (exact) mass is 89.0 g/mol. The first-order valence-corrected chi connectivity index (χ1v) is 2.16. The molecular weight excluding hydrogens is 84.1 g/mol. The molecule has 1 rings (SSSR count). The Morgan fingerprint density at radius 3 is 2.71 bits per heavy atom. The predicted molar refractivity (Wildman–Crippen MR) is 29.3 cm³/mol. The summed E-state index contributed by atoms with van der Waals surface area (Å²) in [6.45, 7) is 1.80. The van der Waals surface area contributed by atoms with Gasteiger partial charge in [0.2, 0.25) is 0 Å². The first kappa shape index (κ1) is 4.21. The quantitative estimate of drug-likeness (QED) is 0.310. The van der Waals surface area contributed by atoms with Crippen LogP contribution >= 0.6 is 0 Å². The molecule has 0 amide bonds. The van der Waals surface area contributed by atoms with Gasteiger partial charge in [-0.3, -0.25) is 0 Å². The molecule has 0 fully saturated rings. The maximum absolute atomic E-state index is 2.85. The Morgan fingerprint density at radius 2 is 2.29 bits per heavy atom. The van der Waals surface area contributed by atoms with Gasteiger partial charge in [-0.1, -0.05) is 6.08 Å². The van der Waals surface area contributed by atoms with Crippen LogP contribution in [-0.2, 0) is 0 Å². The fourth-order valence-corrected chi connectivity index (χ4v) is 0.260. The molecule has 0 aromatic carbocycles. The minimum absolute atomic E-state index is 1.13. The van der Waals surface area contributed by atoms with E-state index in [-0.39, 0.29) is 0 Å².